The normalized spacial score (nSPS) is 14.9. The van der Waals surface area contributed by atoms with Crippen LogP contribution in [0.4, 0.5) is 27.5 Å². The largest absolute Gasteiger partial charge is 0.506 e. The van der Waals surface area contributed by atoms with Crippen LogP contribution in [0.15, 0.2) is 42.6 Å². The van der Waals surface area contributed by atoms with E-state index in [-0.39, 0.29) is 57.4 Å². The minimum atomic E-state index is -0.659. The molecule has 4 rings (SSSR count). The Labute approximate surface area is 211 Å². The predicted octanol–water partition coefficient (Wildman–Crippen LogP) is 5.62. The molecular weight excluding hydrogens is 508 g/mol. The molecule has 0 saturated carbocycles. The van der Waals surface area contributed by atoms with Crippen molar-refractivity contribution in [1.29, 1.82) is 0 Å². The third-order valence-corrected chi connectivity index (χ3v) is 5.71. The summed E-state index contributed by atoms with van der Waals surface area (Å²) in [4.78, 5) is 23.5. The molecule has 3 aromatic rings. The number of carbonyl (C=O) groups excluding carboxylic acids is 1. The summed E-state index contributed by atoms with van der Waals surface area (Å²) in [5, 5.41) is 15.3. The molecule has 1 saturated heterocycles. The van der Waals surface area contributed by atoms with E-state index < -0.39 is 11.7 Å². The number of carbonyl (C=O) groups is 1. The molecule has 0 bridgehead atoms. The van der Waals surface area contributed by atoms with Crippen molar-refractivity contribution in [3.8, 4) is 5.75 Å². The lowest BCUT2D eigenvalue weighted by molar-refractivity contribution is 0.102. The molecule has 1 fully saturated rings. The number of nitrogens with one attached hydrogen (secondary N) is 2. The first-order valence-electron chi connectivity index (χ1n) is 10.1. The van der Waals surface area contributed by atoms with Crippen LogP contribution in [0.3, 0.4) is 0 Å². The number of benzene rings is 2. The number of phenols is 1. The molecule has 2 heterocycles. The van der Waals surface area contributed by atoms with Gasteiger partial charge in [-0.15, -0.1) is 12.4 Å². The lowest BCUT2D eigenvalue weighted by Crippen LogP contribution is -2.33. The summed E-state index contributed by atoms with van der Waals surface area (Å²) >= 11 is 12.0. The first kappa shape index (κ1) is 25.8. The Hall–Kier alpha value is -2.85. The molecule has 34 heavy (non-hydrogen) atoms. The maximum Gasteiger partial charge on any atom is 0.261 e. The van der Waals surface area contributed by atoms with E-state index in [1.165, 1.54) is 36.5 Å². The Morgan fingerprint density at radius 3 is 2.74 bits per heavy atom. The van der Waals surface area contributed by atoms with Gasteiger partial charge in [0, 0.05) is 25.5 Å². The summed E-state index contributed by atoms with van der Waals surface area (Å²) in [6.07, 6.45) is 2.70. The van der Waals surface area contributed by atoms with Crippen LogP contribution in [0, 0.1) is 5.82 Å². The lowest BCUT2D eigenvalue weighted by atomic mass is 10.2. The van der Waals surface area contributed by atoms with Crippen molar-refractivity contribution in [2.45, 2.75) is 19.1 Å². The standard InChI is InChI=1S/C22H20Cl2FN5O3.ClH/c1-30(18-6-3-9-33-18)20-13(21(32)28-19-14(23)4-2-5-16(19)25)11-26-22(29-20)27-12-7-8-17(31)15(24)10-12;/h2,4-5,7-8,10-11,18,31H,3,6,9H2,1H3,(H,28,32)(H,26,27,29);1H. The number of ether oxygens (including phenoxy) is 1. The molecule has 180 valence electrons. The van der Waals surface area contributed by atoms with E-state index in [1.807, 2.05) is 0 Å². The van der Waals surface area contributed by atoms with E-state index in [9.17, 15) is 14.3 Å². The third kappa shape index (κ3) is 5.61. The highest BCUT2D eigenvalue weighted by Gasteiger charge is 2.27. The van der Waals surface area contributed by atoms with Crippen LogP contribution in [0.2, 0.25) is 10.0 Å². The molecule has 3 N–H and O–H groups in total. The Morgan fingerprint density at radius 2 is 2.06 bits per heavy atom. The minimum Gasteiger partial charge on any atom is -0.506 e. The van der Waals surface area contributed by atoms with Crippen LogP contribution in [-0.2, 0) is 4.74 Å². The Morgan fingerprint density at radius 1 is 1.26 bits per heavy atom. The number of amides is 1. The van der Waals surface area contributed by atoms with E-state index in [0.29, 0.717) is 12.3 Å². The second-order valence-corrected chi connectivity index (χ2v) is 8.17. The SMILES string of the molecule is CN(c1nc(Nc2ccc(O)c(Cl)c2)ncc1C(=O)Nc1c(F)cccc1Cl)C1CCCO1.Cl. The fourth-order valence-corrected chi connectivity index (χ4v) is 3.77. The van der Waals surface area contributed by atoms with Gasteiger partial charge in [-0.1, -0.05) is 29.3 Å². The van der Waals surface area contributed by atoms with Gasteiger partial charge in [0.2, 0.25) is 5.95 Å². The van der Waals surface area contributed by atoms with Crippen molar-refractivity contribution in [2.24, 2.45) is 0 Å². The van der Waals surface area contributed by atoms with Crippen molar-refractivity contribution in [3.63, 3.8) is 0 Å². The fraction of sp³-hybridized carbons (Fsp3) is 0.227. The third-order valence-electron chi connectivity index (χ3n) is 5.09. The van der Waals surface area contributed by atoms with Gasteiger partial charge in [0.15, 0.2) is 0 Å². The summed E-state index contributed by atoms with van der Waals surface area (Å²) in [6.45, 7) is 0.601. The number of para-hydroxylation sites is 1. The lowest BCUT2D eigenvalue weighted by Gasteiger charge is -2.26. The van der Waals surface area contributed by atoms with E-state index in [0.717, 1.165) is 12.8 Å². The van der Waals surface area contributed by atoms with Gasteiger partial charge in [-0.3, -0.25) is 4.79 Å². The molecule has 1 atom stereocenters. The summed E-state index contributed by atoms with van der Waals surface area (Å²) in [6, 6.07) is 8.69. The zero-order chi connectivity index (χ0) is 23.5. The zero-order valence-electron chi connectivity index (χ0n) is 17.9. The van der Waals surface area contributed by atoms with Gasteiger partial charge in [-0.05, 0) is 43.2 Å². The molecule has 1 aliphatic rings. The highest BCUT2D eigenvalue weighted by molar-refractivity contribution is 6.34. The molecule has 0 radical (unpaired) electrons. The molecule has 1 aliphatic heterocycles. The van der Waals surface area contributed by atoms with Crippen LogP contribution >= 0.6 is 35.6 Å². The number of phenolic OH excluding ortho intramolecular Hbond substituents is 1. The maximum absolute atomic E-state index is 14.2. The number of nitrogens with zero attached hydrogens (tertiary/aromatic N) is 3. The van der Waals surface area contributed by atoms with Crippen molar-refractivity contribution < 1.29 is 19.0 Å². The van der Waals surface area contributed by atoms with Gasteiger partial charge < -0.3 is 25.4 Å². The molecule has 1 aromatic heterocycles. The molecule has 8 nitrogen and oxygen atoms in total. The topological polar surface area (TPSA) is 99.6 Å². The highest BCUT2D eigenvalue weighted by Crippen LogP contribution is 2.30. The van der Waals surface area contributed by atoms with Crippen molar-refractivity contribution in [2.75, 3.05) is 29.2 Å². The molecule has 0 aliphatic carbocycles. The number of hydrogen-bond acceptors (Lipinski definition) is 7. The first-order chi connectivity index (χ1) is 15.8. The van der Waals surface area contributed by atoms with E-state index >= 15 is 0 Å². The fourth-order valence-electron chi connectivity index (χ4n) is 3.38. The monoisotopic (exact) mass is 527 g/mol. The second-order valence-electron chi connectivity index (χ2n) is 7.35. The average Bonchev–Trinajstić information content (AvgIpc) is 3.33. The minimum absolute atomic E-state index is 0. The molecular formula is C22H21Cl3FN5O3. The van der Waals surface area contributed by atoms with Gasteiger partial charge in [0.1, 0.15) is 29.2 Å². The summed E-state index contributed by atoms with van der Waals surface area (Å²) in [7, 11) is 1.76. The Kier molecular flexibility index (Phi) is 8.37. The van der Waals surface area contributed by atoms with E-state index in [1.54, 1.807) is 18.0 Å². The Balaban J connectivity index is 0.00000324. The Bertz CT molecular complexity index is 1170. The molecule has 12 heteroatoms. The van der Waals surface area contributed by atoms with Crippen molar-refractivity contribution in [3.05, 3.63) is 64.0 Å². The highest BCUT2D eigenvalue weighted by atomic mass is 35.5. The van der Waals surface area contributed by atoms with Gasteiger partial charge >= 0.3 is 0 Å². The summed E-state index contributed by atoms with van der Waals surface area (Å²) < 4.78 is 19.9. The van der Waals surface area contributed by atoms with Gasteiger partial charge in [0.25, 0.3) is 5.91 Å². The predicted molar refractivity (Wildman–Crippen MR) is 132 cm³/mol. The second kappa shape index (κ2) is 11.1. The van der Waals surface area contributed by atoms with Crippen LogP contribution in [0.25, 0.3) is 0 Å². The quantitative estimate of drug-likeness (QED) is 0.357. The molecule has 1 amide bonds. The zero-order valence-corrected chi connectivity index (χ0v) is 20.2. The van der Waals surface area contributed by atoms with E-state index in [4.69, 9.17) is 27.9 Å². The van der Waals surface area contributed by atoms with Crippen molar-refractivity contribution >= 4 is 64.7 Å². The smallest absolute Gasteiger partial charge is 0.261 e. The van der Waals surface area contributed by atoms with E-state index in [2.05, 4.69) is 20.6 Å². The van der Waals surface area contributed by atoms with Crippen LogP contribution in [0.1, 0.15) is 23.2 Å². The number of rotatable bonds is 6. The number of anilines is 4. The summed E-state index contributed by atoms with van der Waals surface area (Å²) in [5.74, 6) is -0.860. The van der Waals surface area contributed by atoms with Gasteiger partial charge in [-0.2, -0.15) is 4.98 Å². The first-order valence-corrected chi connectivity index (χ1v) is 10.8. The van der Waals surface area contributed by atoms with Crippen LogP contribution in [0.5, 0.6) is 5.75 Å². The van der Waals surface area contributed by atoms with Crippen molar-refractivity contribution in [1.82, 2.24) is 9.97 Å². The van der Waals surface area contributed by atoms with Crippen LogP contribution in [-0.4, -0.2) is 40.9 Å². The average molecular weight is 529 g/mol. The molecule has 2 aromatic carbocycles. The number of hydrogen-bond donors (Lipinski definition) is 3. The number of aromatic hydroxyl groups is 1. The van der Waals surface area contributed by atoms with Crippen LogP contribution < -0.4 is 15.5 Å². The van der Waals surface area contributed by atoms with Gasteiger partial charge in [-0.25, -0.2) is 9.37 Å². The maximum atomic E-state index is 14.2. The molecule has 0 spiro atoms. The number of halogens is 4. The summed E-state index contributed by atoms with van der Waals surface area (Å²) in [5.41, 5.74) is 0.524. The molecule has 1 unspecified atom stereocenters. The van der Waals surface area contributed by atoms with Gasteiger partial charge in [0.05, 0.1) is 15.7 Å². The number of aromatic nitrogens is 2.